The average Bonchev–Trinajstić information content (AvgIpc) is 3.41. The van der Waals surface area contributed by atoms with Gasteiger partial charge in [0, 0.05) is 17.2 Å². The van der Waals surface area contributed by atoms with Gasteiger partial charge in [-0.15, -0.1) is 0 Å². The van der Waals surface area contributed by atoms with Crippen molar-refractivity contribution in [2.75, 3.05) is 0 Å². The van der Waals surface area contributed by atoms with Crippen molar-refractivity contribution < 1.29 is 27.6 Å². The van der Waals surface area contributed by atoms with Gasteiger partial charge in [0.15, 0.2) is 0 Å². The van der Waals surface area contributed by atoms with E-state index in [4.69, 9.17) is 4.52 Å². The van der Waals surface area contributed by atoms with Crippen LogP contribution in [0.4, 0.5) is 13.2 Å². The average molecular weight is 538 g/mol. The molecule has 0 saturated carbocycles. The molecule has 6 nitrogen and oxygen atoms in total. The largest absolute Gasteiger partial charge is 0.480 e. The molecule has 1 heterocycles. The van der Waals surface area contributed by atoms with Crippen molar-refractivity contribution >= 4 is 5.97 Å². The molecule has 0 radical (unpaired) electrons. The Morgan fingerprint density at radius 1 is 0.974 bits per heavy atom. The van der Waals surface area contributed by atoms with Crippen LogP contribution in [0.15, 0.2) is 71.3 Å². The quantitative estimate of drug-likeness (QED) is 0.228. The highest BCUT2D eigenvalue weighted by Gasteiger charge is 2.36. The minimum atomic E-state index is -4.58. The molecule has 204 valence electrons. The van der Waals surface area contributed by atoms with Crippen LogP contribution in [0.3, 0.4) is 0 Å². The lowest BCUT2D eigenvalue weighted by atomic mass is 9.91. The molecule has 0 saturated heterocycles. The van der Waals surface area contributed by atoms with Crippen LogP contribution in [-0.4, -0.2) is 26.8 Å². The van der Waals surface area contributed by atoms with Gasteiger partial charge in [-0.05, 0) is 61.1 Å². The Morgan fingerprint density at radius 3 is 2.21 bits per heavy atom. The first-order chi connectivity index (χ1) is 18.5. The van der Waals surface area contributed by atoms with Crippen molar-refractivity contribution in [2.45, 2.75) is 58.3 Å². The van der Waals surface area contributed by atoms with Crippen LogP contribution in [0.25, 0.3) is 34.0 Å². The second-order valence-corrected chi connectivity index (χ2v) is 9.58. The number of hydrogen-bond acceptors (Lipinski definition) is 5. The zero-order valence-corrected chi connectivity index (χ0v) is 22.1. The van der Waals surface area contributed by atoms with Crippen molar-refractivity contribution in [2.24, 2.45) is 0 Å². The van der Waals surface area contributed by atoms with E-state index in [9.17, 15) is 23.1 Å². The van der Waals surface area contributed by atoms with Crippen LogP contribution in [-0.2, 0) is 11.0 Å². The molecule has 4 aromatic rings. The molecule has 39 heavy (non-hydrogen) atoms. The Kier molecular flexibility index (Phi) is 7.92. The van der Waals surface area contributed by atoms with Crippen molar-refractivity contribution in [1.29, 1.82) is 0 Å². The molecule has 2 N–H and O–H groups in total. The fraction of sp³-hybridized carbons (Fsp3) is 0.300. The normalized spacial score (nSPS) is 12.9. The summed E-state index contributed by atoms with van der Waals surface area (Å²) in [6.07, 6.45) is -3.70. The number of hydrogen-bond donors (Lipinski definition) is 2. The highest BCUT2D eigenvalue weighted by Crippen LogP contribution is 2.40. The summed E-state index contributed by atoms with van der Waals surface area (Å²) in [7, 11) is 0. The molecule has 0 aliphatic carbocycles. The van der Waals surface area contributed by atoms with E-state index in [1.807, 2.05) is 32.9 Å². The molecule has 3 aromatic carbocycles. The lowest BCUT2D eigenvalue weighted by molar-refractivity contribution is -0.145. The molecular weight excluding hydrogens is 507 g/mol. The first kappa shape index (κ1) is 28.0. The standard InChI is InChI=1S/C30H30F3N3O3/c1-5-29(6-2,28(37)38)35-19(4)20-11-13-21(14-12-20)26-34-27(39-36-26)22-15-16-24(25(17-22)30(31,32)33)23-10-8-7-9-18(23)3/h7-17,19,35H,5-6H2,1-4H3,(H,37,38)/t19-/m1/s1. The maximum Gasteiger partial charge on any atom is 0.417 e. The van der Waals surface area contributed by atoms with E-state index in [0.717, 1.165) is 17.2 Å². The monoisotopic (exact) mass is 537 g/mol. The zero-order valence-electron chi connectivity index (χ0n) is 22.1. The summed E-state index contributed by atoms with van der Waals surface area (Å²) in [5.74, 6) is -0.685. The van der Waals surface area contributed by atoms with Gasteiger partial charge in [0.25, 0.3) is 5.89 Å². The van der Waals surface area contributed by atoms with Crippen molar-refractivity contribution in [3.05, 3.63) is 83.4 Å². The van der Waals surface area contributed by atoms with Gasteiger partial charge in [0.2, 0.25) is 5.82 Å². The van der Waals surface area contributed by atoms with E-state index in [0.29, 0.717) is 24.0 Å². The fourth-order valence-corrected chi connectivity index (χ4v) is 4.72. The summed E-state index contributed by atoms with van der Waals surface area (Å²) in [5.41, 5.74) is 1.17. The summed E-state index contributed by atoms with van der Waals surface area (Å²) in [6, 6.07) is 17.9. The first-order valence-corrected chi connectivity index (χ1v) is 12.7. The van der Waals surface area contributed by atoms with E-state index < -0.39 is 23.2 Å². The molecule has 9 heteroatoms. The van der Waals surface area contributed by atoms with Crippen LogP contribution < -0.4 is 5.32 Å². The van der Waals surface area contributed by atoms with E-state index in [1.165, 1.54) is 6.07 Å². The summed E-state index contributed by atoms with van der Waals surface area (Å²) >= 11 is 0. The van der Waals surface area contributed by atoms with Gasteiger partial charge >= 0.3 is 12.1 Å². The third-order valence-electron chi connectivity index (χ3n) is 7.21. The topological polar surface area (TPSA) is 88.3 Å². The number of nitrogens with one attached hydrogen (secondary N) is 1. The second-order valence-electron chi connectivity index (χ2n) is 9.58. The first-order valence-electron chi connectivity index (χ1n) is 12.7. The number of aryl methyl sites for hydroxylation is 1. The van der Waals surface area contributed by atoms with Gasteiger partial charge in [-0.3, -0.25) is 10.1 Å². The summed E-state index contributed by atoms with van der Waals surface area (Å²) in [6.45, 7) is 7.33. The number of carbonyl (C=O) groups is 1. The van der Waals surface area contributed by atoms with Gasteiger partial charge in [0.05, 0.1) is 5.56 Å². The minimum absolute atomic E-state index is 0.0249. The Labute approximate surface area is 224 Å². The van der Waals surface area contributed by atoms with Crippen LogP contribution in [0.2, 0.25) is 0 Å². The van der Waals surface area contributed by atoms with E-state index in [1.54, 1.807) is 49.4 Å². The van der Waals surface area contributed by atoms with Crippen LogP contribution in [0, 0.1) is 6.92 Å². The predicted molar refractivity (Wildman–Crippen MR) is 143 cm³/mol. The van der Waals surface area contributed by atoms with Crippen LogP contribution >= 0.6 is 0 Å². The molecule has 0 fully saturated rings. The number of carboxylic acids is 1. The molecule has 1 atom stereocenters. The van der Waals surface area contributed by atoms with Gasteiger partial charge in [-0.1, -0.05) is 73.6 Å². The smallest absolute Gasteiger partial charge is 0.417 e. The minimum Gasteiger partial charge on any atom is -0.480 e. The summed E-state index contributed by atoms with van der Waals surface area (Å²) < 4.78 is 47.4. The molecule has 4 rings (SSSR count). The van der Waals surface area contributed by atoms with Crippen molar-refractivity contribution in [1.82, 2.24) is 15.5 Å². The maximum absolute atomic E-state index is 14.0. The molecule has 0 unspecified atom stereocenters. The Morgan fingerprint density at radius 2 is 1.62 bits per heavy atom. The number of nitrogens with zero attached hydrogens (tertiary/aromatic N) is 2. The number of carboxylic acid groups (broad SMARTS) is 1. The van der Waals surface area contributed by atoms with Gasteiger partial charge in [-0.25, -0.2) is 0 Å². The van der Waals surface area contributed by atoms with Crippen molar-refractivity contribution in [3.8, 4) is 34.0 Å². The number of alkyl halides is 3. The Hall–Kier alpha value is -3.98. The van der Waals surface area contributed by atoms with Gasteiger partial charge < -0.3 is 9.63 Å². The van der Waals surface area contributed by atoms with E-state index >= 15 is 0 Å². The second kappa shape index (κ2) is 11.0. The van der Waals surface area contributed by atoms with E-state index in [-0.39, 0.29) is 28.9 Å². The third kappa shape index (κ3) is 5.73. The summed E-state index contributed by atoms with van der Waals surface area (Å²) in [4.78, 5) is 16.2. The molecule has 0 amide bonds. The molecule has 1 aromatic heterocycles. The Balaban J connectivity index is 1.60. The highest BCUT2D eigenvalue weighted by molar-refractivity contribution is 5.78. The summed E-state index contributed by atoms with van der Waals surface area (Å²) in [5, 5.41) is 16.9. The highest BCUT2D eigenvalue weighted by atomic mass is 19.4. The molecule has 0 aliphatic rings. The van der Waals surface area contributed by atoms with Crippen molar-refractivity contribution in [3.63, 3.8) is 0 Å². The number of aromatic nitrogens is 2. The van der Waals surface area contributed by atoms with Crippen LogP contribution in [0.1, 0.15) is 56.3 Å². The number of rotatable bonds is 9. The lowest BCUT2D eigenvalue weighted by Gasteiger charge is -2.32. The van der Waals surface area contributed by atoms with E-state index in [2.05, 4.69) is 15.5 Å². The van der Waals surface area contributed by atoms with Gasteiger partial charge in [0.1, 0.15) is 5.54 Å². The number of halogens is 3. The zero-order chi connectivity index (χ0) is 28.4. The maximum atomic E-state index is 14.0. The molecule has 0 bridgehead atoms. The van der Waals surface area contributed by atoms with Gasteiger partial charge in [-0.2, -0.15) is 18.2 Å². The number of benzene rings is 3. The third-order valence-corrected chi connectivity index (χ3v) is 7.21. The molecule has 0 spiro atoms. The fourth-order valence-electron chi connectivity index (χ4n) is 4.72. The Bertz CT molecular complexity index is 1460. The molecular formula is C30H30F3N3O3. The SMILES string of the molecule is CCC(CC)(N[C@H](C)c1ccc(-c2noc(-c3ccc(-c4ccccc4C)c(C(F)(F)F)c3)n2)cc1)C(=O)O. The predicted octanol–water partition coefficient (Wildman–Crippen LogP) is 7.69. The van der Waals surface area contributed by atoms with Crippen LogP contribution in [0.5, 0.6) is 0 Å². The lowest BCUT2D eigenvalue weighted by Crippen LogP contribution is -2.52. The number of aliphatic carboxylic acids is 1. The molecule has 0 aliphatic heterocycles.